The summed E-state index contributed by atoms with van der Waals surface area (Å²) >= 11 is 0. The third-order valence-electron chi connectivity index (χ3n) is 5.30. The summed E-state index contributed by atoms with van der Waals surface area (Å²) in [6.07, 6.45) is 2.06. The van der Waals surface area contributed by atoms with Crippen molar-refractivity contribution in [1.82, 2.24) is 15.0 Å². The standard InChI is InChI=1S/C23H23N5/c1-15-20(17-10-5-6-11-18(17)26-15)22-27-19-12-7-13-24-21(19)23(28-22)25-14-16-8-3-2-4-9-16/h2-6,8-11,24,26H,7,12-14H2,1H3,(H,25,27,28). The van der Waals surface area contributed by atoms with E-state index in [-0.39, 0.29) is 0 Å². The van der Waals surface area contributed by atoms with Gasteiger partial charge in [-0.25, -0.2) is 9.97 Å². The Morgan fingerprint density at radius 3 is 2.71 bits per heavy atom. The van der Waals surface area contributed by atoms with E-state index in [2.05, 4.69) is 65.0 Å². The number of rotatable bonds is 4. The number of aromatic amines is 1. The number of fused-ring (bicyclic) bond motifs is 2. The second kappa shape index (κ2) is 7.00. The zero-order chi connectivity index (χ0) is 18.9. The maximum absolute atomic E-state index is 4.95. The number of aromatic nitrogens is 3. The van der Waals surface area contributed by atoms with Crippen molar-refractivity contribution >= 4 is 22.4 Å². The van der Waals surface area contributed by atoms with Gasteiger partial charge in [0.1, 0.15) is 0 Å². The zero-order valence-corrected chi connectivity index (χ0v) is 15.9. The Morgan fingerprint density at radius 1 is 1.00 bits per heavy atom. The Bertz CT molecular complexity index is 1130. The second-order valence-electron chi connectivity index (χ2n) is 7.26. The van der Waals surface area contributed by atoms with E-state index in [1.807, 2.05) is 12.1 Å². The minimum Gasteiger partial charge on any atom is -0.381 e. The van der Waals surface area contributed by atoms with Crippen molar-refractivity contribution in [1.29, 1.82) is 0 Å². The molecule has 0 atom stereocenters. The predicted molar refractivity (Wildman–Crippen MR) is 115 cm³/mol. The topological polar surface area (TPSA) is 65.6 Å². The lowest BCUT2D eigenvalue weighted by Gasteiger charge is -2.21. The second-order valence-corrected chi connectivity index (χ2v) is 7.26. The highest BCUT2D eigenvalue weighted by atomic mass is 15.1. The molecule has 0 amide bonds. The molecule has 1 aliphatic heterocycles. The van der Waals surface area contributed by atoms with E-state index in [0.29, 0.717) is 0 Å². The monoisotopic (exact) mass is 369 g/mol. The van der Waals surface area contributed by atoms with Crippen LogP contribution in [0.1, 0.15) is 23.4 Å². The van der Waals surface area contributed by atoms with Crippen molar-refractivity contribution in [3.05, 3.63) is 71.5 Å². The lowest BCUT2D eigenvalue weighted by molar-refractivity contribution is 0.796. The molecule has 0 saturated heterocycles. The number of aryl methyl sites for hydroxylation is 2. The highest BCUT2D eigenvalue weighted by molar-refractivity contribution is 5.96. The zero-order valence-electron chi connectivity index (χ0n) is 15.9. The van der Waals surface area contributed by atoms with Crippen LogP contribution in [0.15, 0.2) is 54.6 Å². The molecule has 3 N–H and O–H groups in total. The Hall–Kier alpha value is -3.34. The largest absolute Gasteiger partial charge is 0.381 e. The summed E-state index contributed by atoms with van der Waals surface area (Å²) in [6.45, 7) is 3.79. The molecule has 5 rings (SSSR count). The average molecular weight is 369 g/mol. The van der Waals surface area contributed by atoms with E-state index >= 15 is 0 Å². The van der Waals surface area contributed by atoms with Crippen molar-refractivity contribution in [2.45, 2.75) is 26.3 Å². The van der Waals surface area contributed by atoms with Gasteiger partial charge in [0.2, 0.25) is 0 Å². The van der Waals surface area contributed by atoms with Crippen LogP contribution in [0.3, 0.4) is 0 Å². The summed E-state index contributed by atoms with van der Waals surface area (Å²) in [5, 5.41) is 8.20. The van der Waals surface area contributed by atoms with Crippen molar-refractivity contribution in [2.75, 3.05) is 17.2 Å². The molecule has 4 aromatic rings. The van der Waals surface area contributed by atoms with Crippen molar-refractivity contribution in [3.63, 3.8) is 0 Å². The molecule has 2 aromatic carbocycles. The molecule has 3 heterocycles. The van der Waals surface area contributed by atoms with E-state index < -0.39 is 0 Å². The first-order valence-corrected chi connectivity index (χ1v) is 9.80. The van der Waals surface area contributed by atoms with E-state index in [9.17, 15) is 0 Å². The fourth-order valence-corrected chi connectivity index (χ4v) is 3.93. The molecule has 2 aromatic heterocycles. The molecule has 0 saturated carbocycles. The van der Waals surface area contributed by atoms with Gasteiger partial charge in [-0.3, -0.25) is 0 Å². The Labute approximate surface area is 164 Å². The van der Waals surface area contributed by atoms with E-state index in [1.54, 1.807) is 0 Å². The minimum atomic E-state index is 0.734. The summed E-state index contributed by atoms with van der Waals surface area (Å²) in [4.78, 5) is 13.4. The molecule has 0 spiro atoms. The molecule has 5 heteroatoms. The van der Waals surface area contributed by atoms with Gasteiger partial charge in [0.05, 0.1) is 11.4 Å². The van der Waals surface area contributed by atoms with Crippen molar-refractivity contribution in [2.24, 2.45) is 0 Å². The number of hydrogen-bond donors (Lipinski definition) is 3. The molecule has 0 fully saturated rings. The van der Waals surface area contributed by atoms with Crippen LogP contribution in [0.4, 0.5) is 11.5 Å². The number of anilines is 2. The van der Waals surface area contributed by atoms with Crippen LogP contribution in [0.25, 0.3) is 22.3 Å². The van der Waals surface area contributed by atoms with Gasteiger partial charge < -0.3 is 15.6 Å². The van der Waals surface area contributed by atoms with Crippen molar-refractivity contribution in [3.8, 4) is 11.4 Å². The van der Waals surface area contributed by atoms with Crippen LogP contribution >= 0.6 is 0 Å². The lowest BCUT2D eigenvalue weighted by atomic mass is 10.1. The highest BCUT2D eigenvalue weighted by Crippen LogP contribution is 2.35. The van der Waals surface area contributed by atoms with Gasteiger partial charge in [-0.1, -0.05) is 48.5 Å². The normalized spacial score (nSPS) is 13.2. The average Bonchev–Trinajstić information content (AvgIpc) is 3.08. The number of nitrogens with zero attached hydrogens (tertiary/aromatic N) is 2. The summed E-state index contributed by atoms with van der Waals surface area (Å²) in [5.74, 6) is 1.67. The van der Waals surface area contributed by atoms with Crippen molar-refractivity contribution < 1.29 is 0 Å². The van der Waals surface area contributed by atoms with E-state index in [1.165, 1.54) is 5.56 Å². The maximum atomic E-state index is 4.95. The predicted octanol–water partition coefficient (Wildman–Crippen LogP) is 4.90. The molecule has 0 radical (unpaired) electrons. The van der Waals surface area contributed by atoms with Gasteiger partial charge in [-0.2, -0.15) is 0 Å². The van der Waals surface area contributed by atoms with Gasteiger partial charge in [0.25, 0.3) is 0 Å². The molecule has 1 aliphatic rings. The first-order valence-electron chi connectivity index (χ1n) is 9.80. The first-order chi connectivity index (χ1) is 13.8. The van der Waals surface area contributed by atoms with Crippen LogP contribution in [0.5, 0.6) is 0 Å². The van der Waals surface area contributed by atoms with Gasteiger partial charge in [0.15, 0.2) is 11.6 Å². The SMILES string of the molecule is Cc1[nH]c2ccccc2c1-c1nc2c(c(NCc3ccccc3)n1)NCCC2. The molecule has 0 aliphatic carbocycles. The molecular formula is C23H23N5. The van der Waals surface area contributed by atoms with Gasteiger partial charge in [-0.05, 0) is 31.4 Å². The first kappa shape index (κ1) is 16.8. The molecule has 28 heavy (non-hydrogen) atoms. The quantitative estimate of drug-likeness (QED) is 0.478. The molecule has 5 nitrogen and oxygen atoms in total. The van der Waals surface area contributed by atoms with Crippen LogP contribution in [-0.2, 0) is 13.0 Å². The minimum absolute atomic E-state index is 0.734. The Balaban J connectivity index is 1.60. The van der Waals surface area contributed by atoms with Gasteiger partial charge in [-0.15, -0.1) is 0 Å². The van der Waals surface area contributed by atoms with Gasteiger partial charge >= 0.3 is 0 Å². The summed E-state index contributed by atoms with van der Waals surface area (Å²) in [5.41, 5.74) is 6.68. The molecular weight excluding hydrogens is 346 g/mol. The smallest absolute Gasteiger partial charge is 0.164 e. The summed E-state index contributed by atoms with van der Waals surface area (Å²) in [6, 6.07) is 18.7. The van der Waals surface area contributed by atoms with Crippen LogP contribution in [0, 0.1) is 6.92 Å². The summed E-state index contributed by atoms with van der Waals surface area (Å²) in [7, 11) is 0. The van der Waals surface area contributed by atoms with Crippen LogP contribution < -0.4 is 10.6 Å². The van der Waals surface area contributed by atoms with Gasteiger partial charge in [0, 0.05) is 35.2 Å². The molecule has 140 valence electrons. The molecule has 0 unspecified atom stereocenters. The Morgan fingerprint density at radius 2 is 1.82 bits per heavy atom. The third-order valence-corrected chi connectivity index (χ3v) is 5.30. The number of hydrogen-bond acceptors (Lipinski definition) is 4. The third kappa shape index (κ3) is 2.99. The number of benzene rings is 2. The van der Waals surface area contributed by atoms with E-state index in [0.717, 1.165) is 71.1 Å². The lowest BCUT2D eigenvalue weighted by Crippen LogP contribution is -2.17. The molecule has 0 bridgehead atoms. The van der Waals surface area contributed by atoms with Crippen LogP contribution in [0.2, 0.25) is 0 Å². The number of H-pyrrole nitrogens is 1. The number of para-hydroxylation sites is 1. The highest BCUT2D eigenvalue weighted by Gasteiger charge is 2.21. The fourth-order valence-electron chi connectivity index (χ4n) is 3.93. The maximum Gasteiger partial charge on any atom is 0.164 e. The van der Waals surface area contributed by atoms with E-state index in [4.69, 9.17) is 9.97 Å². The number of nitrogens with one attached hydrogen (secondary N) is 3. The van der Waals surface area contributed by atoms with Crippen LogP contribution in [-0.4, -0.2) is 21.5 Å². The fraction of sp³-hybridized carbons (Fsp3) is 0.217. The summed E-state index contributed by atoms with van der Waals surface area (Å²) < 4.78 is 0. The Kier molecular flexibility index (Phi) is 4.20.